The fraction of sp³-hybridized carbons (Fsp3) is 0.562. The molecule has 1 aliphatic heterocycles. The topological polar surface area (TPSA) is 58.6 Å². The molecular weight excluding hydrogens is 254 g/mol. The van der Waals surface area contributed by atoms with Gasteiger partial charge in [0.1, 0.15) is 5.75 Å². The number of carboxylic acid groups (broad SMARTS) is 1. The Hall–Kier alpha value is -1.55. The Balaban J connectivity index is 2.08. The molecule has 3 atom stereocenters. The van der Waals surface area contributed by atoms with E-state index in [1.807, 2.05) is 6.07 Å². The zero-order valence-electron chi connectivity index (χ0n) is 12.0. The van der Waals surface area contributed by atoms with Crippen LogP contribution in [0.3, 0.4) is 0 Å². The molecule has 2 bridgehead atoms. The normalized spacial score (nSPS) is 31.5. The number of fused-ring (bicyclic) bond motifs is 4. The fourth-order valence-electron chi connectivity index (χ4n) is 4.02. The molecule has 1 aromatic rings. The van der Waals surface area contributed by atoms with Gasteiger partial charge >= 0.3 is 5.97 Å². The summed E-state index contributed by atoms with van der Waals surface area (Å²) in [5.41, 5.74) is 2.53. The standard InChI is InChI=1S/C16H21NO3/c1-16-5-6-17-14(13(16)9-15(18)19)7-10-3-4-11(20-2)8-12(10)16/h3-4,8,13-14,17H,5-7,9H2,1-2H3,(H,18,19). The van der Waals surface area contributed by atoms with Gasteiger partial charge in [-0.1, -0.05) is 13.0 Å². The maximum Gasteiger partial charge on any atom is 0.303 e. The highest BCUT2D eigenvalue weighted by atomic mass is 16.5. The molecule has 1 fully saturated rings. The van der Waals surface area contributed by atoms with Gasteiger partial charge in [-0.3, -0.25) is 4.79 Å². The third-order valence-electron chi connectivity index (χ3n) is 5.12. The number of rotatable bonds is 3. The van der Waals surface area contributed by atoms with Crippen molar-refractivity contribution in [2.45, 2.75) is 37.6 Å². The van der Waals surface area contributed by atoms with Crippen LogP contribution in [0.25, 0.3) is 0 Å². The van der Waals surface area contributed by atoms with E-state index in [1.54, 1.807) is 7.11 Å². The Morgan fingerprint density at radius 2 is 2.35 bits per heavy atom. The van der Waals surface area contributed by atoms with E-state index in [0.717, 1.165) is 25.1 Å². The van der Waals surface area contributed by atoms with Crippen LogP contribution in [0.1, 0.15) is 30.9 Å². The second kappa shape index (κ2) is 4.77. The number of hydrogen-bond donors (Lipinski definition) is 2. The average molecular weight is 275 g/mol. The Morgan fingerprint density at radius 1 is 1.55 bits per heavy atom. The van der Waals surface area contributed by atoms with Crippen LogP contribution in [0.15, 0.2) is 18.2 Å². The van der Waals surface area contributed by atoms with Gasteiger partial charge in [0.2, 0.25) is 0 Å². The molecule has 4 heteroatoms. The van der Waals surface area contributed by atoms with E-state index in [4.69, 9.17) is 4.74 Å². The van der Waals surface area contributed by atoms with Crippen molar-refractivity contribution in [1.82, 2.24) is 5.32 Å². The van der Waals surface area contributed by atoms with Crippen molar-refractivity contribution in [3.63, 3.8) is 0 Å². The third kappa shape index (κ3) is 1.99. The minimum Gasteiger partial charge on any atom is -0.497 e. The fourth-order valence-corrected chi connectivity index (χ4v) is 4.02. The van der Waals surface area contributed by atoms with E-state index >= 15 is 0 Å². The molecule has 1 saturated heterocycles. The highest BCUT2D eigenvalue weighted by molar-refractivity contribution is 5.68. The van der Waals surface area contributed by atoms with Crippen molar-refractivity contribution in [3.8, 4) is 5.75 Å². The summed E-state index contributed by atoms with van der Waals surface area (Å²) in [6.07, 6.45) is 2.11. The Kier molecular flexibility index (Phi) is 3.21. The van der Waals surface area contributed by atoms with Gasteiger partial charge in [0.05, 0.1) is 13.5 Å². The minimum absolute atomic E-state index is 0.0730. The molecule has 1 heterocycles. The number of nitrogens with one attached hydrogen (secondary N) is 1. The van der Waals surface area contributed by atoms with E-state index in [1.165, 1.54) is 11.1 Å². The molecule has 0 saturated carbocycles. The third-order valence-corrected chi connectivity index (χ3v) is 5.12. The monoisotopic (exact) mass is 275 g/mol. The first-order chi connectivity index (χ1) is 9.54. The van der Waals surface area contributed by atoms with Gasteiger partial charge in [0.25, 0.3) is 0 Å². The molecule has 3 unspecified atom stereocenters. The lowest BCUT2D eigenvalue weighted by molar-refractivity contribution is -0.139. The van der Waals surface area contributed by atoms with Gasteiger partial charge in [-0.2, -0.15) is 0 Å². The molecule has 4 nitrogen and oxygen atoms in total. The maximum atomic E-state index is 11.2. The first kappa shape index (κ1) is 13.4. The van der Waals surface area contributed by atoms with Gasteiger partial charge < -0.3 is 15.2 Å². The SMILES string of the molecule is COc1ccc2c(c1)C1(C)CCNC(C2)C1CC(=O)O. The molecule has 20 heavy (non-hydrogen) atoms. The van der Waals surface area contributed by atoms with Crippen LogP contribution in [0.5, 0.6) is 5.75 Å². The summed E-state index contributed by atoms with van der Waals surface area (Å²) in [6, 6.07) is 6.50. The lowest BCUT2D eigenvalue weighted by Gasteiger charge is -2.51. The second-order valence-corrected chi connectivity index (χ2v) is 6.16. The lowest BCUT2D eigenvalue weighted by Crippen LogP contribution is -2.57. The van der Waals surface area contributed by atoms with E-state index in [9.17, 15) is 9.90 Å². The number of piperidine rings is 1. The van der Waals surface area contributed by atoms with E-state index in [0.29, 0.717) is 0 Å². The van der Waals surface area contributed by atoms with Crippen molar-refractivity contribution in [2.24, 2.45) is 5.92 Å². The van der Waals surface area contributed by atoms with Crippen molar-refractivity contribution in [3.05, 3.63) is 29.3 Å². The van der Waals surface area contributed by atoms with Crippen LogP contribution in [-0.4, -0.2) is 30.8 Å². The van der Waals surface area contributed by atoms with Crippen molar-refractivity contribution in [2.75, 3.05) is 13.7 Å². The quantitative estimate of drug-likeness (QED) is 0.885. The van der Waals surface area contributed by atoms with Crippen molar-refractivity contribution < 1.29 is 14.6 Å². The molecule has 3 rings (SSSR count). The zero-order chi connectivity index (χ0) is 14.3. The average Bonchev–Trinajstić information content (AvgIpc) is 2.41. The summed E-state index contributed by atoms with van der Waals surface area (Å²) < 4.78 is 5.35. The predicted molar refractivity (Wildman–Crippen MR) is 76.2 cm³/mol. The molecule has 2 aliphatic rings. The Bertz CT molecular complexity index is 543. The number of methoxy groups -OCH3 is 1. The first-order valence-corrected chi connectivity index (χ1v) is 7.17. The summed E-state index contributed by atoms with van der Waals surface area (Å²) in [5.74, 6) is 0.297. The maximum absolute atomic E-state index is 11.2. The van der Waals surface area contributed by atoms with Crippen LogP contribution in [0, 0.1) is 5.92 Å². The number of carbonyl (C=O) groups is 1. The summed E-state index contributed by atoms with van der Waals surface area (Å²) in [5, 5.41) is 12.7. The van der Waals surface area contributed by atoms with Gasteiger partial charge in [0.15, 0.2) is 0 Å². The number of hydrogen-bond acceptors (Lipinski definition) is 3. The van der Waals surface area contributed by atoms with Gasteiger partial charge in [-0.25, -0.2) is 0 Å². The predicted octanol–water partition coefficient (Wildman–Crippen LogP) is 1.96. The molecular formula is C16H21NO3. The van der Waals surface area contributed by atoms with Crippen LogP contribution in [0.4, 0.5) is 0 Å². The largest absolute Gasteiger partial charge is 0.497 e. The molecule has 0 radical (unpaired) electrons. The number of carboxylic acids is 1. The molecule has 108 valence electrons. The smallest absolute Gasteiger partial charge is 0.303 e. The second-order valence-electron chi connectivity index (χ2n) is 6.16. The van der Waals surface area contributed by atoms with Crippen molar-refractivity contribution >= 4 is 5.97 Å². The summed E-state index contributed by atoms with van der Waals surface area (Å²) >= 11 is 0. The molecule has 1 aliphatic carbocycles. The van der Waals surface area contributed by atoms with Gasteiger partial charge in [-0.05, 0) is 54.0 Å². The molecule has 2 N–H and O–H groups in total. The van der Waals surface area contributed by atoms with Crippen LogP contribution >= 0.6 is 0 Å². The van der Waals surface area contributed by atoms with E-state index in [2.05, 4.69) is 24.4 Å². The summed E-state index contributed by atoms with van der Waals surface area (Å²) in [6.45, 7) is 3.17. The van der Waals surface area contributed by atoms with Crippen LogP contribution < -0.4 is 10.1 Å². The number of ether oxygens (including phenoxy) is 1. The van der Waals surface area contributed by atoms with Crippen molar-refractivity contribution in [1.29, 1.82) is 0 Å². The van der Waals surface area contributed by atoms with Gasteiger partial charge in [0, 0.05) is 6.04 Å². The molecule has 0 aromatic heterocycles. The number of benzene rings is 1. The number of aliphatic carboxylic acids is 1. The summed E-state index contributed by atoms with van der Waals surface area (Å²) in [7, 11) is 1.67. The molecule has 0 spiro atoms. The summed E-state index contributed by atoms with van der Waals surface area (Å²) in [4.78, 5) is 11.2. The minimum atomic E-state index is -0.707. The van der Waals surface area contributed by atoms with Crippen LogP contribution in [0.2, 0.25) is 0 Å². The Labute approximate surface area is 119 Å². The Morgan fingerprint density at radius 3 is 3.05 bits per heavy atom. The highest BCUT2D eigenvalue weighted by Crippen LogP contribution is 2.48. The van der Waals surface area contributed by atoms with Crippen LogP contribution in [-0.2, 0) is 16.6 Å². The first-order valence-electron chi connectivity index (χ1n) is 7.17. The lowest BCUT2D eigenvalue weighted by atomic mass is 9.58. The highest BCUT2D eigenvalue weighted by Gasteiger charge is 2.48. The van der Waals surface area contributed by atoms with E-state index < -0.39 is 5.97 Å². The molecule has 1 aromatic carbocycles. The molecule has 0 amide bonds. The zero-order valence-corrected chi connectivity index (χ0v) is 12.0. The van der Waals surface area contributed by atoms with E-state index in [-0.39, 0.29) is 23.8 Å². The van der Waals surface area contributed by atoms with Gasteiger partial charge in [-0.15, -0.1) is 0 Å².